The number of hydrogen-bond donors (Lipinski definition) is 1. The van der Waals surface area contributed by atoms with E-state index in [0.717, 1.165) is 26.2 Å². The lowest BCUT2D eigenvalue weighted by molar-refractivity contribution is 0.110. The van der Waals surface area contributed by atoms with Gasteiger partial charge in [-0.3, -0.25) is 4.90 Å². The van der Waals surface area contributed by atoms with Crippen LogP contribution < -0.4 is 5.32 Å². The van der Waals surface area contributed by atoms with Gasteiger partial charge >= 0.3 is 0 Å². The van der Waals surface area contributed by atoms with Crippen molar-refractivity contribution in [3.05, 3.63) is 35.4 Å². The molecule has 0 radical (unpaired) electrons. The third kappa shape index (κ3) is 5.28. The van der Waals surface area contributed by atoms with Gasteiger partial charge in [-0.05, 0) is 30.5 Å². The Morgan fingerprint density at radius 3 is 2.39 bits per heavy atom. The van der Waals surface area contributed by atoms with E-state index in [2.05, 4.69) is 46.3 Å². The first kappa shape index (κ1) is 16.9. The quantitative estimate of drug-likeness (QED) is 0.833. The first-order valence-electron chi connectivity index (χ1n) is 9.18. The number of benzene rings is 1. The van der Waals surface area contributed by atoms with Crippen molar-refractivity contribution in [1.82, 2.24) is 15.1 Å². The summed E-state index contributed by atoms with van der Waals surface area (Å²) in [6.45, 7) is 12.2. The SMILES string of the molecule is CCN1CCN(Cc2ccc(CNCC3CCCO3)cc2)CC1. The lowest BCUT2D eigenvalue weighted by atomic mass is 10.1. The molecule has 0 amide bonds. The second-order valence-corrected chi connectivity index (χ2v) is 6.79. The third-order valence-electron chi connectivity index (χ3n) is 5.07. The smallest absolute Gasteiger partial charge is 0.0700 e. The van der Waals surface area contributed by atoms with E-state index in [9.17, 15) is 0 Å². The lowest BCUT2D eigenvalue weighted by Crippen LogP contribution is -2.45. The molecule has 2 heterocycles. The third-order valence-corrected chi connectivity index (χ3v) is 5.07. The lowest BCUT2D eigenvalue weighted by Gasteiger charge is -2.34. The largest absolute Gasteiger partial charge is 0.377 e. The first-order chi connectivity index (χ1) is 11.3. The van der Waals surface area contributed by atoms with E-state index in [4.69, 9.17) is 4.74 Å². The van der Waals surface area contributed by atoms with E-state index < -0.39 is 0 Å². The molecule has 2 saturated heterocycles. The van der Waals surface area contributed by atoms with Crippen molar-refractivity contribution in [2.45, 2.75) is 39.0 Å². The second-order valence-electron chi connectivity index (χ2n) is 6.79. The fourth-order valence-electron chi connectivity index (χ4n) is 3.47. The Hall–Kier alpha value is -0.940. The zero-order chi connectivity index (χ0) is 15.9. The van der Waals surface area contributed by atoms with E-state index in [1.54, 1.807) is 0 Å². The summed E-state index contributed by atoms with van der Waals surface area (Å²) in [5.74, 6) is 0. The fourth-order valence-corrected chi connectivity index (χ4v) is 3.47. The molecule has 1 aromatic carbocycles. The highest BCUT2D eigenvalue weighted by atomic mass is 16.5. The number of hydrogen-bond acceptors (Lipinski definition) is 4. The minimum absolute atomic E-state index is 0.427. The van der Waals surface area contributed by atoms with Gasteiger partial charge in [0.2, 0.25) is 0 Å². The molecule has 0 saturated carbocycles. The van der Waals surface area contributed by atoms with Crippen LogP contribution in [0.15, 0.2) is 24.3 Å². The van der Waals surface area contributed by atoms with Gasteiger partial charge in [0.05, 0.1) is 6.10 Å². The summed E-state index contributed by atoms with van der Waals surface area (Å²) in [5, 5.41) is 3.51. The minimum atomic E-state index is 0.427. The number of ether oxygens (including phenoxy) is 1. The molecule has 4 nitrogen and oxygen atoms in total. The number of nitrogens with one attached hydrogen (secondary N) is 1. The predicted octanol–water partition coefficient (Wildman–Crippen LogP) is 2.09. The van der Waals surface area contributed by atoms with Gasteiger partial charge in [-0.25, -0.2) is 0 Å². The summed E-state index contributed by atoms with van der Waals surface area (Å²) < 4.78 is 5.64. The molecule has 1 aromatic rings. The molecule has 0 aliphatic carbocycles. The maximum Gasteiger partial charge on any atom is 0.0700 e. The molecule has 0 aromatic heterocycles. The first-order valence-corrected chi connectivity index (χ1v) is 9.18. The van der Waals surface area contributed by atoms with E-state index in [0.29, 0.717) is 6.10 Å². The average Bonchev–Trinajstić information content (AvgIpc) is 3.11. The molecule has 0 bridgehead atoms. The van der Waals surface area contributed by atoms with Crippen molar-refractivity contribution in [3.8, 4) is 0 Å². The van der Waals surface area contributed by atoms with Gasteiger partial charge in [-0.2, -0.15) is 0 Å². The van der Waals surface area contributed by atoms with E-state index >= 15 is 0 Å². The Morgan fingerprint density at radius 1 is 1.04 bits per heavy atom. The molecule has 23 heavy (non-hydrogen) atoms. The monoisotopic (exact) mass is 317 g/mol. The van der Waals surface area contributed by atoms with Crippen molar-refractivity contribution >= 4 is 0 Å². The molecule has 0 spiro atoms. The van der Waals surface area contributed by atoms with Crippen LogP contribution in [0.1, 0.15) is 30.9 Å². The topological polar surface area (TPSA) is 27.7 Å². The highest BCUT2D eigenvalue weighted by Crippen LogP contribution is 2.12. The zero-order valence-corrected chi connectivity index (χ0v) is 14.5. The Balaban J connectivity index is 1.38. The standard InChI is InChI=1S/C19H31N3O/c1-2-21-9-11-22(12-10-21)16-18-7-5-17(6-8-18)14-20-15-19-4-3-13-23-19/h5-8,19-20H,2-4,9-16H2,1H3. The van der Waals surface area contributed by atoms with Crippen molar-refractivity contribution in [1.29, 1.82) is 0 Å². The highest BCUT2D eigenvalue weighted by molar-refractivity contribution is 5.22. The van der Waals surface area contributed by atoms with Gasteiger partial charge < -0.3 is 15.0 Å². The van der Waals surface area contributed by atoms with Crippen LogP contribution >= 0.6 is 0 Å². The van der Waals surface area contributed by atoms with Gasteiger partial charge in [0.25, 0.3) is 0 Å². The molecule has 1 unspecified atom stereocenters. The molecule has 2 fully saturated rings. The fraction of sp³-hybridized carbons (Fsp3) is 0.684. The number of piperazine rings is 1. The van der Waals surface area contributed by atoms with E-state index in [-0.39, 0.29) is 0 Å². The van der Waals surface area contributed by atoms with Gasteiger partial charge in [0, 0.05) is 52.4 Å². The molecule has 128 valence electrons. The van der Waals surface area contributed by atoms with Crippen LogP contribution in [0.4, 0.5) is 0 Å². The molecule has 1 N–H and O–H groups in total. The van der Waals surface area contributed by atoms with Crippen LogP contribution in [0, 0.1) is 0 Å². The Bertz CT molecular complexity index is 448. The van der Waals surface area contributed by atoms with Crippen LogP contribution in [0.2, 0.25) is 0 Å². The van der Waals surface area contributed by atoms with E-state index in [1.807, 2.05) is 0 Å². The summed E-state index contributed by atoms with van der Waals surface area (Å²) in [4.78, 5) is 5.09. The molecule has 2 aliphatic rings. The summed E-state index contributed by atoms with van der Waals surface area (Å²) >= 11 is 0. The average molecular weight is 317 g/mol. The summed E-state index contributed by atoms with van der Waals surface area (Å²) in [5.41, 5.74) is 2.79. The van der Waals surface area contributed by atoms with Crippen molar-refractivity contribution in [2.24, 2.45) is 0 Å². The summed E-state index contributed by atoms with van der Waals surface area (Å²) in [7, 11) is 0. The Labute approximate surface area is 140 Å². The highest BCUT2D eigenvalue weighted by Gasteiger charge is 2.16. The zero-order valence-electron chi connectivity index (χ0n) is 14.5. The van der Waals surface area contributed by atoms with Crippen molar-refractivity contribution < 1.29 is 4.74 Å². The molecule has 2 aliphatic heterocycles. The van der Waals surface area contributed by atoms with Gasteiger partial charge in [0.1, 0.15) is 0 Å². The predicted molar refractivity (Wildman–Crippen MR) is 94.5 cm³/mol. The van der Waals surface area contributed by atoms with Gasteiger partial charge in [-0.15, -0.1) is 0 Å². The molecular weight excluding hydrogens is 286 g/mol. The van der Waals surface area contributed by atoms with Crippen LogP contribution in [0.5, 0.6) is 0 Å². The number of nitrogens with zero attached hydrogens (tertiary/aromatic N) is 2. The summed E-state index contributed by atoms with van der Waals surface area (Å²) in [6, 6.07) is 9.10. The van der Waals surface area contributed by atoms with Crippen molar-refractivity contribution in [2.75, 3.05) is 45.9 Å². The van der Waals surface area contributed by atoms with Gasteiger partial charge in [0.15, 0.2) is 0 Å². The number of rotatable bonds is 7. The second kappa shape index (κ2) is 8.78. The van der Waals surface area contributed by atoms with Crippen LogP contribution in [-0.2, 0) is 17.8 Å². The molecule has 1 atom stereocenters. The molecular formula is C19H31N3O. The number of likely N-dealkylation sites (N-methyl/N-ethyl adjacent to an activating group) is 1. The van der Waals surface area contributed by atoms with Crippen molar-refractivity contribution in [3.63, 3.8) is 0 Å². The maximum absolute atomic E-state index is 5.64. The Kier molecular flexibility index (Phi) is 6.46. The summed E-state index contributed by atoms with van der Waals surface area (Å²) in [6.07, 6.45) is 2.85. The minimum Gasteiger partial charge on any atom is -0.377 e. The maximum atomic E-state index is 5.64. The van der Waals surface area contributed by atoms with Crippen LogP contribution in [-0.4, -0.2) is 61.8 Å². The van der Waals surface area contributed by atoms with Crippen LogP contribution in [0.3, 0.4) is 0 Å². The normalized spacial score (nSPS) is 23.4. The molecule has 4 heteroatoms. The molecule has 3 rings (SSSR count). The van der Waals surface area contributed by atoms with Gasteiger partial charge in [-0.1, -0.05) is 31.2 Å². The van der Waals surface area contributed by atoms with Crippen LogP contribution in [0.25, 0.3) is 0 Å². The van der Waals surface area contributed by atoms with E-state index in [1.165, 1.54) is 56.7 Å². The Morgan fingerprint density at radius 2 is 1.74 bits per heavy atom.